The summed E-state index contributed by atoms with van der Waals surface area (Å²) in [4.78, 5) is 12.2. The molecule has 3 rings (SSSR count). The summed E-state index contributed by atoms with van der Waals surface area (Å²) in [6.07, 6.45) is 0.687. The summed E-state index contributed by atoms with van der Waals surface area (Å²) in [6.45, 7) is 0.884. The Labute approximate surface area is 136 Å². The molecule has 23 heavy (non-hydrogen) atoms. The van der Waals surface area contributed by atoms with Crippen molar-refractivity contribution in [1.29, 1.82) is 0 Å². The van der Waals surface area contributed by atoms with Gasteiger partial charge < -0.3 is 14.8 Å². The predicted octanol–water partition coefficient (Wildman–Crippen LogP) is 4.03. The lowest BCUT2D eigenvalue weighted by Crippen LogP contribution is -2.14. The van der Waals surface area contributed by atoms with Gasteiger partial charge in [-0.3, -0.25) is 4.79 Å². The van der Waals surface area contributed by atoms with Crippen LogP contribution in [0, 0.1) is 11.6 Å². The molecule has 1 heterocycles. The van der Waals surface area contributed by atoms with E-state index < -0.39 is 23.2 Å². The standard InChI is InChI=1S/C16H12ClF2NO3/c17-10-7-9(8-13-15(10)23-6-2-5-22-13)16(21)20-14-11(18)3-1-4-12(14)19/h1,3-4,7-8H,2,5-6H2,(H,20,21). The fraction of sp³-hybridized carbons (Fsp3) is 0.188. The maximum Gasteiger partial charge on any atom is 0.256 e. The number of carbonyl (C=O) groups is 1. The third-order valence-corrected chi connectivity index (χ3v) is 3.55. The minimum absolute atomic E-state index is 0.113. The molecule has 0 fully saturated rings. The molecule has 0 spiro atoms. The number of anilines is 1. The maximum absolute atomic E-state index is 13.6. The van der Waals surface area contributed by atoms with Crippen LogP contribution in [0.5, 0.6) is 11.5 Å². The first-order chi connectivity index (χ1) is 11.1. The minimum atomic E-state index is -0.862. The summed E-state index contributed by atoms with van der Waals surface area (Å²) < 4.78 is 38.2. The van der Waals surface area contributed by atoms with E-state index in [1.807, 2.05) is 0 Å². The second kappa shape index (κ2) is 6.42. The summed E-state index contributed by atoms with van der Waals surface area (Å²) in [5.41, 5.74) is -0.400. The number of hydrogen-bond donors (Lipinski definition) is 1. The van der Waals surface area contributed by atoms with E-state index in [0.717, 1.165) is 12.1 Å². The van der Waals surface area contributed by atoms with Crippen LogP contribution in [0.2, 0.25) is 5.02 Å². The van der Waals surface area contributed by atoms with Crippen molar-refractivity contribution in [1.82, 2.24) is 0 Å². The molecule has 2 aromatic carbocycles. The van der Waals surface area contributed by atoms with Gasteiger partial charge in [-0.15, -0.1) is 0 Å². The molecule has 7 heteroatoms. The Morgan fingerprint density at radius 3 is 2.57 bits per heavy atom. The Hall–Kier alpha value is -2.34. The molecule has 0 unspecified atom stereocenters. The lowest BCUT2D eigenvalue weighted by Gasteiger charge is -2.12. The van der Waals surface area contributed by atoms with E-state index >= 15 is 0 Å². The molecule has 120 valence electrons. The van der Waals surface area contributed by atoms with E-state index in [2.05, 4.69) is 5.32 Å². The Balaban J connectivity index is 1.91. The molecule has 1 N–H and O–H groups in total. The number of halogens is 3. The van der Waals surface area contributed by atoms with Gasteiger partial charge in [-0.2, -0.15) is 0 Å². The molecule has 0 aliphatic carbocycles. The van der Waals surface area contributed by atoms with Gasteiger partial charge in [-0.05, 0) is 24.3 Å². The zero-order valence-corrected chi connectivity index (χ0v) is 12.6. The van der Waals surface area contributed by atoms with Crippen molar-refractivity contribution in [2.45, 2.75) is 6.42 Å². The number of fused-ring (bicyclic) bond motifs is 1. The van der Waals surface area contributed by atoms with Crippen molar-refractivity contribution < 1.29 is 23.0 Å². The fourth-order valence-corrected chi connectivity index (χ4v) is 2.43. The first-order valence-electron chi connectivity index (χ1n) is 6.91. The van der Waals surface area contributed by atoms with Crippen LogP contribution in [0.3, 0.4) is 0 Å². The Bertz CT molecular complexity index is 747. The van der Waals surface area contributed by atoms with Crippen molar-refractivity contribution >= 4 is 23.2 Å². The van der Waals surface area contributed by atoms with Crippen LogP contribution < -0.4 is 14.8 Å². The molecule has 2 aromatic rings. The number of benzene rings is 2. The zero-order valence-electron chi connectivity index (χ0n) is 11.9. The van der Waals surface area contributed by atoms with Gasteiger partial charge in [0, 0.05) is 12.0 Å². The number of hydrogen-bond acceptors (Lipinski definition) is 3. The highest BCUT2D eigenvalue weighted by Gasteiger charge is 2.20. The number of para-hydroxylation sites is 1. The summed E-state index contributed by atoms with van der Waals surface area (Å²) in [5.74, 6) is -1.74. The Kier molecular flexibility index (Phi) is 4.34. The van der Waals surface area contributed by atoms with Crippen LogP contribution in [-0.2, 0) is 0 Å². The van der Waals surface area contributed by atoms with Gasteiger partial charge in [0.05, 0.1) is 18.2 Å². The van der Waals surface area contributed by atoms with E-state index in [4.69, 9.17) is 21.1 Å². The second-order valence-electron chi connectivity index (χ2n) is 4.89. The lowest BCUT2D eigenvalue weighted by molar-refractivity contribution is 0.102. The summed E-state index contributed by atoms with van der Waals surface area (Å²) in [5, 5.41) is 2.40. The van der Waals surface area contributed by atoms with Crippen LogP contribution in [0.15, 0.2) is 30.3 Å². The summed E-state index contributed by atoms with van der Waals surface area (Å²) in [6, 6.07) is 6.12. The smallest absolute Gasteiger partial charge is 0.256 e. The molecule has 0 bridgehead atoms. The van der Waals surface area contributed by atoms with Crippen molar-refractivity contribution in [3.8, 4) is 11.5 Å². The molecule has 1 amide bonds. The highest BCUT2D eigenvalue weighted by atomic mass is 35.5. The van der Waals surface area contributed by atoms with Crippen LogP contribution in [0.1, 0.15) is 16.8 Å². The normalized spacial score (nSPS) is 13.3. The van der Waals surface area contributed by atoms with Crippen LogP contribution in [-0.4, -0.2) is 19.1 Å². The van der Waals surface area contributed by atoms with Crippen molar-refractivity contribution in [2.24, 2.45) is 0 Å². The summed E-state index contributed by atoms with van der Waals surface area (Å²) >= 11 is 6.10. The van der Waals surface area contributed by atoms with E-state index in [0.29, 0.717) is 31.1 Å². The first-order valence-corrected chi connectivity index (χ1v) is 7.28. The molecule has 0 radical (unpaired) electrons. The molecule has 0 saturated heterocycles. The monoisotopic (exact) mass is 339 g/mol. The number of carbonyl (C=O) groups excluding carboxylic acids is 1. The van der Waals surface area contributed by atoms with Gasteiger partial charge in [0.15, 0.2) is 11.5 Å². The lowest BCUT2D eigenvalue weighted by atomic mass is 10.1. The van der Waals surface area contributed by atoms with Gasteiger partial charge in [0.2, 0.25) is 0 Å². The van der Waals surface area contributed by atoms with Gasteiger partial charge in [0.1, 0.15) is 17.3 Å². The maximum atomic E-state index is 13.6. The van der Waals surface area contributed by atoms with Crippen molar-refractivity contribution in [3.05, 3.63) is 52.6 Å². The van der Waals surface area contributed by atoms with Crippen LogP contribution in [0.4, 0.5) is 14.5 Å². The van der Waals surface area contributed by atoms with E-state index in [1.165, 1.54) is 18.2 Å². The molecular formula is C16H12ClF2NO3. The van der Waals surface area contributed by atoms with Crippen LogP contribution in [0.25, 0.3) is 0 Å². The number of ether oxygens (including phenoxy) is 2. The van der Waals surface area contributed by atoms with Gasteiger partial charge in [-0.25, -0.2) is 8.78 Å². The average molecular weight is 340 g/mol. The molecule has 0 saturated carbocycles. The zero-order chi connectivity index (χ0) is 16.4. The van der Waals surface area contributed by atoms with Crippen LogP contribution >= 0.6 is 11.6 Å². The molecule has 0 atom stereocenters. The number of rotatable bonds is 2. The topological polar surface area (TPSA) is 47.6 Å². The van der Waals surface area contributed by atoms with Crippen molar-refractivity contribution in [3.63, 3.8) is 0 Å². The van der Waals surface area contributed by atoms with E-state index in [1.54, 1.807) is 0 Å². The largest absolute Gasteiger partial charge is 0.489 e. The number of amides is 1. The predicted molar refractivity (Wildman–Crippen MR) is 81.4 cm³/mol. The third kappa shape index (κ3) is 3.22. The summed E-state index contributed by atoms with van der Waals surface area (Å²) in [7, 11) is 0. The highest BCUT2D eigenvalue weighted by molar-refractivity contribution is 6.32. The molecule has 1 aliphatic heterocycles. The highest BCUT2D eigenvalue weighted by Crippen LogP contribution is 2.38. The Morgan fingerprint density at radius 1 is 1.13 bits per heavy atom. The van der Waals surface area contributed by atoms with Gasteiger partial charge in [0.25, 0.3) is 5.91 Å². The van der Waals surface area contributed by atoms with Gasteiger partial charge >= 0.3 is 0 Å². The SMILES string of the molecule is O=C(Nc1c(F)cccc1F)c1cc(Cl)c2c(c1)OCCCO2. The minimum Gasteiger partial charge on any atom is -0.489 e. The molecule has 1 aliphatic rings. The Morgan fingerprint density at radius 2 is 1.83 bits per heavy atom. The van der Waals surface area contributed by atoms with E-state index in [-0.39, 0.29) is 10.6 Å². The second-order valence-corrected chi connectivity index (χ2v) is 5.29. The number of nitrogens with one attached hydrogen (secondary N) is 1. The average Bonchev–Trinajstić information content (AvgIpc) is 2.76. The van der Waals surface area contributed by atoms with Gasteiger partial charge in [-0.1, -0.05) is 17.7 Å². The first kappa shape index (κ1) is 15.6. The molecular weight excluding hydrogens is 328 g/mol. The third-order valence-electron chi connectivity index (χ3n) is 3.27. The van der Waals surface area contributed by atoms with E-state index in [9.17, 15) is 13.6 Å². The fourth-order valence-electron chi connectivity index (χ4n) is 2.16. The molecule has 0 aromatic heterocycles. The van der Waals surface area contributed by atoms with Crippen molar-refractivity contribution in [2.75, 3.05) is 18.5 Å². The molecule has 4 nitrogen and oxygen atoms in total. The quantitative estimate of drug-likeness (QED) is 0.898.